The number of rotatable bonds is 4. The zero-order chi connectivity index (χ0) is 12.4. The van der Waals surface area contributed by atoms with E-state index in [0.29, 0.717) is 5.38 Å². The second kappa shape index (κ2) is 5.41. The highest BCUT2D eigenvalue weighted by Crippen LogP contribution is 2.31. The standard InChI is InChI=1S/C15H22ClN/c1-10-4-11(2)15(12(3)5-10)9-17-8-13-6-14(16)7-13/h4-5,13-14,17H,6-9H2,1-3H3. The minimum Gasteiger partial charge on any atom is -0.312 e. The van der Waals surface area contributed by atoms with Gasteiger partial charge in [0.15, 0.2) is 0 Å². The van der Waals surface area contributed by atoms with E-state index in [0.717, 1.165) is 19.0 Å². The maximum Gasteiger partial charge on any atom is 0.0342 e. The highest BCUT2D eigenvalue weighted by atomic mass is 35.5. The molecule has 0 aromatic heterocycles. The molecule has 0 heterocycles. The van der Waals surface area contributed by atoms with Crippen molar-refractivity contribution in [2.24, 2.45) is 5.92 Å². The van der Waals surface area contributed by atoms with E-state index < -0.39 is 0 Å². The van der Waals surface area contributed by atoms with Crippen LogP contribution in [0.4, 0.5) is 0 Å². The van der Waals surface area contributed by atoms with Crippen LogP contribution in [0.2, 0.25) is 0 Å². The van der Waals surface area contributed by atoms with Crippen LogP contribution in [-0.4, -0.2) is 11.9 Å². The monoisotopic (exact) mass is 251 g/mol. The summed E-state index contributed by atoms with van der Waals surface area (Å²) in [7, 11) is 0. The summed E-state index contributed by atoms with van der Waals surface area (Å²) in [5, 5.41) is 4.00. The minimum atomic E-state index is 0.435. The van der Waals surface area contributed by atoms with Crippen molar-refractivity contribution in [3.05, 3.63) is 34.4 Å². The molecule has 0 atom stereocenters. The number of alkyl halides is 1. The lowest BCUT2D eigenvalue weighted by Gasteiger charge is -2.31. The number of nitrogens with one attached hydrogen (secondary N) is 1. The first-order valence-electron chi connectivity index (χ1n) is 6.47. The van der Waals surface area contributed by atoms with Crippen molar-refractivity contribution in [2.75, 3.05) is 6.54 Å². The van der Waals surface area contributed by atoms with Crippen molar-refractivity contribution in [2.45, 2.75) is 45.5 Å². The minimum absolute atomic E-state index is 0.435. The highest BCUT2D eigenvalue weighted by Gasteiger charge is 2.26. The Labute approximate surface area is 110 Å². The summed E-state index contributed by atoms with van der Waals surface area (Å²) in [5.41, 5.74) is 5.61. The molecule has 1 aromatic carbocycles. The average molecular weight is 252 g/mol. The molecule has 0 amide bonds. The number of aryl methyl sites for hydroxylation is 3. The molecule has 0 bridgehead atoms. The van der Waals surface area contributed by atoms with Crippen LogP contribution in [0, 0.1) is 26.7 Å². The van der Waals surface area contributed by atoms with Crippen LogP contribution < -0.4 is 5.32 Å². The van der Waals surface area contributed by atoms with Gasteiger partial charge >= 0.3 is 0 Å². The Morgan fingerprint density at radius 1 is 1.18 bits per heavy atom. The summed E-state index contributed by atoms with van der Waals surface area (Å²) >= 11 is 5.98. The van der Waals surface area contributed by atoms with E-state index >= 15 is 0 Å². The van der Waals surface area contributed by atoms with Gasteiger partial charge in [-0.2, -0.15) is 0 Å². The number of halogens is 1. The van der Waals surface area contributed by atoms with E-state index in [1.807, 2.05) is 0 Å². The summed E-state index contributed by atoms with van der Waals surface area (Å²) in [6.45, 7) is 8.66. The van der Waals surface area contributed by atoms with Gasteiger partial charge in [0.25, 0.3) is 0 Å². The zero-order valence-corrected chi connectivity index (χ0v) is 11.8. The van der Waals surface area contributed by atoms with E-state index in [2.05, 4.69) is 38.2 Å². The van der Waals surface area contributed by atoms with Gasteiger partial charge < -0.3 is 5.32 Å². The second-order valence-electron chi connectivity index (χ2n) is 5.44. The van der Waals surface area contributed by atoms with Gasteiger partial charge in [-0.25, -0.2) is 0 Å². The summed E-state index contributed by atoms with van der Waals surface area (Å²) in [6, 6.07) is 4.53. The molecule has 1 nitrogen and oxygen atoms in total. The van der Waals surface area contributed by atoms with E-state index in [9.17, 15) is 0 Å². The van der Waals surface area contributed by atoms with Gasteiger partial charge in [-0.15, -0.1) is 11.6 Å². The molecule has 1 aliphatic rings. The van der Waals surface area contributed by atoms with E-state index in [1.165, 1.54) is 35.1 Å². The topological polar surface area (TPSA) is 12.0 Å². The normalized spacial score (nSPS) is 23.5. The quantitative estimate of drug-likeness (QED) is 0.805. The first-order valence-corrected chi connectivity index (χ1v) is 6.91. The molecule has 0 saturated heterocycles. The van der Waals surface area contributed by atoms with E-state index in [1.54, 1.807) is 0 Å². The van der Waals surface area contributed by atoms with Crippen molar-refractivity contribution >= 4 is 11.6 Å². The van der Waals surface area contributed by atoms with Crippen LogP contribution in [0.1, 0.15) is 35.1 Å². The molecule has 1 N–H and O–H groups in total. The SMILES string of the molecule is Cc1cc(C)c(CNCC2CC(Cl)C2)c(C)c1. The fourth-order valence-corrected chi connectivity index (χ4v) is 3.22. The van der Waals surface area contributed by atoms with Crippen LogP contribution >= 0.6 is 11.6 Å². The Morgan fingerprint density at radius 2 is 1.76 bits per heavy atom. The van der Waals surface area contributed by atoms with Crippen LogP contribution in [0.15, 0.2) is 12.1 Å². The Hall–Kier alpha value is -0.530. The highest BCUT2D eigenvalue weighted by molar-refractivity contribution is 6.21. The van der Waals surface area contributed by atoms with Gasteiger partial charge in [-0.05, 0) is 62.8 Å². The fourth-order valence-electron chi connectivity index (χ4n) is 2.71. The lowest BCUT2D eigenvalue weighted by atomic mass is 9.85. The van der Waals surface area contributed by atoms with Crippen molar-refractivity contribution in [1.29, 1.82) is 0 Å². The molecule has 0 radical (unpaired) electrons. The van der Waals surface area contributed by atoms with Gasteiger partial charge in [0.2, 0.25) is 0 Å². The molecular weight excluding hydrogens is 230 g/mol. The summed E-state index contributed by atoms with van der Waals surface area (Å²) in [6.07, 6.45) is 2.36. The predicted molar refractivity (Wildman–Crippen MR) is 74.7 cm³/mol. The van der Waals surface area contributed by atoms with Gasteiger partial charge in [0, 0.05) is 11.9 Å². The molecule has 17 heavy (non-hydrogen) atoms. The third kappa shape index (κ3) is 3.23. The zero-order valence-electron chi connectivity index (χ0n) is 11.0. The molecule has 1 aliphatic carbocycles. The molecule has 0 aliphatic heterocycles. The molecular formula is C15H22ClN. The fraction of sp³-hybridized carbons (Fsp3) is 0.600. The first-order chi connectivity index (χ1) is 8.06. The first kappa shape index (κ1) is 12.9. The van der Waals surface area contributed by atoms with E-state index in [4.69, 9.17) is 11.6 Å². The maximum atomic E-state index is 5.98. The van der Waals surface area contributed by atoms with Gasteiger partial charge in [-0.1, -0.05) is 17.7 Å². The third-order valence-corrected chi connectivity index (χ3v) is 4.11. The molecule has 94 valence electrons. The molecule has 2 heteroatoms. The Morgan fingerprint density at radius 3 is 2.29 bits per heavy atom. The Balaban J connectivity index is 1.86. The molecule has 1 saturated carbocycles. The largest absolute Gasteiger partial charge is 0.312 e. The van der Waals surface area contributed by atoms with Gasteiger partial charge in [0.1, 0.15) is 0 Å². The van der Waals surface area contributed by atoms with Crippen molar-refractivity contribution in [3.63, 3.8) is 0 Å². The molecule has 1 fully saturated rings. The maximum absolute atomic E-state index is 5.98. The number of hydrogen-bond donors (Lipinski definition) is 1. The third-order valence-electron chi connectivity index (χ3n) is 3.75. The van der Waals surface area contributed by atoms with Gasteiger partial charge in [-0.3, -0.25) is 0 Å². The molecule has 1 aromatic rings. The van der Waals surface area contributed by atoms with E-state index in [-0.39, 0.29) is 0 Å². The summed E-state index contributed by atoms with van der Waals surface area (Å²) in [4.78, 5) is 0. The number of hydrogen-bond acceptors (Lipinski definition) is 1. The van der Waals surface area contributed by atoms with Crippen LogP contribution in [0.5, 0.6) is 0 Å². The van der Waals surface area contributed by atoms with Crippen LogP contribution in [-0.2, 0) is 6.54 Å². The molecule has 0 spiro atoms. The summed E-state index contributed by atoms with van der Waals surface area (Å²) in [5.74, 6) is 0.795. The van der Waals surface area contributed by atoms with Crippen molar-refractivity contribution in [1.82, 2.24) is 5.32 Å². The van der Waals surface area contributed by atoms with Crippen LogP contribution in [0.3, 0.4) is 0 Å². The van der Waals surface area contributed by atoms with Crippen LogP contribution in [0.25, 0.3) is 0 Å². The second-order valence-corrected chi connectivity index (χ2v) is 6.06. The lowest BCUT2D eigenvalue weighted by Crippen LogP contribution is -2.33. The Bertz CT molecular complexity index is 371. The molecule has 2 rings (SSSR count). The smallest absolute Gasteiger partial charge is 0.0342 e. The lowest BCUT2D eigenvalue weighted by molar-refractivity contribution is 0.308. The van der Waals surface area contributed by atoms with Crippen molar-refractivity contribution in [3.8, 4) is 0 Å². The number of benzene rings is 1. The van der Waals surface area contributed by atoms with Crippen molar-refractivity contribution < 1.29 is 0 Å². The molecule has 0 unspecified atom stereocenters. The average Bonchev–Trinajstić information content (AvgIpc) is 2.18. The summed E-state index contributed by atoms with van der Waals surface area (Å²) < 4.78 is 0. The van der Waals surface area contributed by atoms with Gasteiger partial charge in [0.05, 0.1) is 0 Å². The predicted octanol–water partition coefficient (Wildman–Crippen LogP) is 3.72. The Kier molecular flexibility index (Phi) is 4.11.